The van der Waals surface area contributed by atoms with Gasteiger partial charge in [0.25, 0.3) is 0 Å². The second-order valence-corrected chi connectivity index (χ2v) is 5.96. The molecular weight excluding hydrogens is 250 g/mol. The minimum absolute atomic E-state index is 0.364. The number of benzene rings is 1. The van der Waals surface area contributed by atoms with Crippen molar-refractivity contribution >= 4 is 12.2 Å². The Kier molecular flexibility index (Phi) is 5.81. The summed E-state index contributed by atoms with van der Waals surface area (Å²) in [5.41, 5.74) is 3.33. The van der Waals surface area contributed by atoms with Gasteiger partial charge < -0.3 is 10.1 Å². The van der Waals surface area contributed by atoms with Gasteiger partial charge in [-0.25, -0.2) is 4.79 Å². The van der Waals surface area contributed by atoms with Crippen LogP contribution in [0.4, 0.5) is 4.79 Å². The molecule has 1 aromatic carbocycles. The molecular formula is C17H25NO2. The molecule has 3 nitrogen and oxygen atoms in total. The van der Waals surface area contributed by atoms with Gasteiger partial charge in [-0.2, -0.15) is 0 Å². The third-order valence-electron chi connectivity index (χ3n) is 2.82. The van der Waals surface area contributed by atoms with Crippen molar-refractivity contribution in [2.45, 2.75) is 46.6 Å². The first-order valence-electron chi connectivity index (χ1n) is 6.98. The Labute approximate surface area is 122 Å². The van der Waals surface area contributed by atoms with E-state index in [1.165, 1.54) is 16.7 Å². The Balaban J connectivity index is 2.32. The SMILES string of the molecule is Cc1ccc(C=CCCNC(=O)OC(C)(C)C)cc1C. The van der Waals surface area contributed by atoms with Crippen LogP contribution in [0.1, 0.15) is 43.9 Å². The topological polar surface area (TPSA) is 38.3 Å². The Morgan fingerprint density at radius 1 is 1.25 bits per heavy atom. The summed E-state index contributed by atoms with van der Waals surface area (Å²) in [5.74, 6) is 0. The van der Waals surface area contributed by atoms with Gasteiger partial charge in [0.05, 0.1) is 0 Å². The van der Waals surface area contributed by atoms with E-state index in [0.717, 1.165) is 6.42 Å². The molecule has 0 aliphatic carbocycles. The van der Waals surface area contributed by atoms with E-state index < -0.39 is 5.60 Å². The molecule has 110 valence electrons. The first-order valence-corrected chi connectivity index (χ1v) is 6.98. The fourth-order valence-corrected chi connectivity index (χ4v) is 1.66. The molecule has 0 unspecified atom stereocenters. The lowest BCUT2D eigenvalue weighted by atomic mass is 10.1. The average Bonchev–Trinajstić information content (AvgIpc) is 2.31. The van der Waals surface area contributed by atoms with Crippen LogP contribution in [-0.2, 0) is 4.74 Å². The minimum atomic E-state index is -0.445. The van der Waals surface area contributed by atoms with Gasteiger partial charge in [-0.05, 0) is 57.7 Å². The summed E-state index contributed by atoms with van der Waals surface area (Å²) in [6.45, 7) is 10.4. The van der Waals surface area contributed by atoms with Crippen LogP contribution in [0.15, 0.2) is 24.3 Å². The number of alkyl carbamates (subject to hydrolysis) is 1. The Hall–Kier alpha value is -1.77. The highest BCUT2D eigenvalue weighted by Crippen LogP contribution is 2.11. The number of hydrogen-bond acceptors (Lipinski definition) is 2. The lowest BCUT2D eigenvalue weighted by molar-refractivity contribution is 0.0529. The second kappa shape index (κ2) is 7.13. The molecule has 20 heavy (non-hydrogen) atoms. The molecule has 1 amide bonds. The number of nitrogens with one attached hydrogen (secondary N) is 1. The lowest BCUT2D eigenvalue weighted by Gasteiger charge is -2.19. The third kappa shape index (κ3) is 6.41. The largest absolute Gasteiger partial charge is 0.444 e. The standard InChI is InChI=1S/C17H25NO2/c1-13-9-10-15(12-14(13)2)8-6-7-11-18-16(19)20-17(3,4)5/h6,8-10,12H,7,11H2,1-5H3,(H,18,19). The van der Waals surface area contributed by atoms with E-state index in [2.05, 4.69) is 49.5 Å². The molecule has 0 bridgehead atoms. The van der Waals surface area contributed by atoms with Crippen molar-refractivity contribution in [3.05, 3.63) is 41.0 Å². The Bertz CT molecular complexity index is 484. The zero-order valence-corrected chi connectivity index (χ0v) is 13.1. The van der Waals surface area contributed by atoms with Crippen LogP contribution in [0.5, 0.6) is 0 Å². The number of carbonyl (C=O) groups is 1. The molecule has 0 radical (unpaired) electrons. The molecule has 0 heterocycles. The monoisotopic (exact) mass is 275 g/mol. The predicted molar refractivity (Wildman–Crippen MR) is 83.8 cm³/mol. The van der Waals surface area contributed by atoms with Crippen molar-refractivity contribution in [3.63, 3.8) is 0 Å². The molecule has 0 aliphatic heterocycles. The van der Waals surface area contributed by atoms with Gasteiger partial charge in [-0.1, -0.05) is 30.4 Å². The number of hydrogen-bond donors (Lipinski definition) is 1. The number of rotatable bonds is 4. The average molecular weight is 275 g/mol. The fraction of sp³-hybridized carbons (Fsp3) is 0.471. The van der Waals surface area contributed by atoms with Gasteiger partial charge in [0.15, 0.2) is 0 Å². The van der Waals surface area contributed by atoms with Gasteiger partial charge in [-0.3, -0.25) is 0 Å². The summed E-state index contributed by atoms with van der Waals surface area (Å²) in [5, 5.41) is 2.73. The van der Waals surface area contributed by atoms with Crippen LogP contribution in [0.3, 0.4) is 0 Å². The molecule has 0 saturated carbocycles. The van der Waals surface area contributed by atoms with Crippen molar-refractivity contribution in [1.82, 2.24) is 5.32 Å². The highest BCUT2D eigenvalue weighted by molar-refractivity contribution is 5.67. The van der Waals surface area contributed by atoms with Crippen LogP contribution in [0.25, 0.3) is 6.08 Å². The molecule has 3 heteroatoms. The smallest absolute Gasteiger partial charge is 0.407 e. The van der Waals surface area contributed by atoms with Crippen molar-refractivity contribution in [3.8, 4) is 0 Å². The molecule has 0 aromatic heterocycles. The molecule has 1 N–H and O–H groups in total. The molecule has 1 rings (SSSR count). The van der Waals surface area contributed by atoms with Gasteiger partial charge in [0.1, 0.15) is 5.60 Å². The van der Waals surface area contributed by atoms with Crippen molar-refractivity contribution < 1.29 is 9.53 Å². The van der Waals surface area contributed by atoms with E-state index in [1.54, 1.807) is 0 Å². The zero-order valence-electron chi connectivity index (χ0n) is 13.1. The molecule has 0 atom stereocenters. The van der Waals surface area contributed by atoms with Crippen molar-refractivity contribution in [2.24, 2.45) is 0 Å². The zero-order chi connectivity index (χ0) is 15.2. The molecule has 0 fully saturated rings. The first-order chi connectivity index (χ1) is 9.28. The molecule has 0 aliphatic rings. The van der Waals surface area contributed by atoms with E-state index >= 15 is 0 Å². The summed E-state index contributed by atoms with van der Waals surface area (Å²) in [4.78, 5) is 11.4. The molecule has 1 aromatic rings. The maximum atomic E-state index is 11.4. The van der Waals surface area contributed by atoms with Crippen LogP contribution in [0, 0.1) is 13.8 Å². The van der Waals surface area contributed by atoms with Crippen molar-refractivity contribution in [2.75, 3.05) is 6.54 Å². The van der Waals surface area contributed by atoms with Gasteiger partial charge in [0.2, 0.25) is 0 Å². The van der Waals surface area contributed by atoms with Crippen LogP contribution in [-0.4, -0.2) is 18.2 Å². The van der Waals surface area contributed by atoms with E-state index in [4.69, 9.17) is 4.74 Å². The fourth-order valence-electron chi connectivity index (χ4n) is 1.66. The van der Waals surface area contributed by atoms with E-state index in [-0.39, 0.29) is 6.09 Å². The summed E-state index contributed by atoms with van der Waals surface area (Å²) >= 11 is 0. The number of carbonyl (C=O) groups excluding carboxylic acids is 1. The maximum absolute atomic E-state index is 11.4. The lowest BCUT2D eigenvalue weighted by Crippen LogP contribution is -2.32. The summed E-state index contributed by atoms with van der Waals surface area (Å²) in [7, 11) is 0. The number of aryl methyl sites for hydroxylation is 2. The van der Waals surface area contributed by atoms with E-state index in [0.29, 0.717) is 6.54 Å². The number of ether oxygens (including phenoxy) is 1. The Morgan fingerprint density at radius 3 is 2.55 bits per heavy atom. The van der Waals surface area contributed by atoms with Crippen LogP contribution < -0.4 is 5.32 Å². The Morgan fingerprint density at radius 2 is 1.95 bits per heavy atom. The highest BCUT2D eigenvalue weighted by Gasteiger charge is 2.15. The number of amides is 1. The second-order valence-electron chi connectivity index (χ2n) is 5.96. The molecule has 0 saturated heterocycles. The normalized spacial score (nSPS) is 11.7. The van der Waals surface area contributed by atoms with Gasteiger partial charge in [-0.15, -0.1) is 0 Å². The van der Waals surface area contributed by atoms with E-state index in [1.807, 2.05) is 20.8 Å². The summed E-state index contributed by atoms with van der Waals surface area (Å²) in [6.07, 6.45) is 4.55. The molecule has 0 spiro atoms. The summed E-state index contributed by atoms with van der Waals surface area (Å²) < 4.78 is 5.16. The first kappa shape index (κ1) is 16.3. The van der Waals surface area contributed by atoms with Crippen molar-refractivity contribution in [1.29, 1.82) is 0 Å². The third-order valence-corrected chi connectivity index (χ3v) is 2.82. The van der Waals surface area contributed by atoms with E-state index in [9.17, 15) is 4.79 Å². The van der Waals surface area contributed by atoms with Gasteiger partial charge >= 0.3 is 6.09 Å². The summed E-state index contributed by atoms with van der Waals surface area (Å²) in [6, 6.07) is 6.38. The minimum Gasteiger partial charge on any atom is -0.444 e. The highest BCUT2D eigenvalue weighted by atomic mass is 16.6. The van der Waals surface area contributed by atoms with Crippen LogP contribution in [0.2, 0.25) is 0 Å². The van der Waals surface area contributed by atoms with Crippen LogP contribution >= 0.6 is 0 Å². The van der Waals surface area contributed by atoms with Gasteiger partial charge in [0, 0.05) is 6.54 Å². The quantitative estimate of drug-likeness (QED) is 0.835. The maximum Gasteiger partial charge on any atom is 0.407 e. The predicted octanol–water partition coefficient (Wildman–Crippen LogP) is 4.23.